The van der Waals surface area contributed by atoms with Crippen LogP contribution in [0, 0.1) is 0 Å². The molecule has 7 heteroatoms. The molecule has 0 radical (unpaired) electrons. The zero-order valence-electron chi connectivity index (χ0n) is 16.8. The van der Waals surface area contributed by atoms with E-state index in [-0.39, 0.29) is 24.5 Å². The molecule has 5 nitrogen and oxygen atoms in total. The first-order chi connectivity index (χ1) is 13.8. The van der Waals surface area contributed by atoms with E-state index in [0.717, 1.165) is 16.5 Å². The standard InChI is InChI=1S/C22H26BrClN2O3/c1-4-15(2)25-22(28)16(3)26(13-17-8-7-9-18(23)12-17)21(27)14-29-20-11-6-5-10-19(20)24/h5-12,15-16H,4,13-14H2,1-3H3,(H,25,28)/t15-,16+/m0/s1. The molecule has 0 fully saturated rings. The summed E-state index contributed by atoms with van der Waals surface area (Å²) in [5.41, 5.74) is 0.911. The molecule has 2 atom stereocenters. The SMILES string of the molecule is CC[C@H](C)NC(=O)[C@@H](C)N(Cc1cccc(Br)c1)C(=O)COc1ccccc1Cl. The van der Waals surface area contributed by atoms with Gasteiger partial charge in [0.1, 0.15) is 11.8 Å². The molecule has 0 spiro atoms. The number of amides is 2. The van der Waals surface area contributed by atoms with Crippen molar-refractivity contribution in [3.63, 3.8) is 0 Å². The zero-order valence-corrected chi connectivity index (χ0v) is 19.2. The smallest absolute Gasteiger partial charge is 0.261 e. The lowest BCUT2D eigenvalue weighted by Gasteiger charge is -2.29. The molecule has 0 bridgehead atoms. The van der Waals surface area contributed by atoms with Gasteiger partial charge in [0.25, 0.3) is 5.91 Å². The minimum Gasteiger partial charge on any atom is -0.482 e. The molecule has 2 aromatic rings. The van der Waals surface area contributed by atoms with Crippen molar-refractivity contribution in [2.45, 2.75) is 45.8 Å². The van der Waals surface area contributed by atoms with Gasteiger partial charge in [-0.25, -0.2) is 0 Å². The number of nitrogens with one attached hydrogen (secondary N) is 1. The van der Waals surface area contributed by atoms with Crippen LogP contribution < -0.4 is 10.1 Å². The van der Waals surface area contributed by atoms with Crippen LogP contribution in [0.25, 0.3) is 0 Å². The average molecular weight is 482 g/mol. The van der Waals surface area contributed by atoms with E-state index in [1.807, 2.05) is 38.1 Å². The van der Waals surface area contributed by atoms with E-state index < -0.39 is 6.04 Å². The lowest BCUT2D eigenvalue weighted by molar-refractivity contribution is -0.142. The lowest BCUT2D eigenvalue weighted by Crippen LogP contribution is -2.50. The minimum atomic E-state index is -0.648. The van der Waals surface area contributed by atoms with Crippen molar-refractivity contribution in [3.05, 3.63) is 63.6 Å². The highest BCUT2D eigenvalue weighted by Crippen LogP contribution is 2.23. The minimum absolute atomic E-state index is 0.0344. The maximum atomic E-state index is 13.0. The summed E-state index contributed by atoms with van der Waals surface area (Å²) in [5, 5.41) is 3.37. The predicted octanol–water partition coefficient (Wildman–Crippen LogP) is 4.81. The summed E-state index contributed by atoms with van der Waals surface area (Å²) in [5.74, 6) is -0.0567. The molecule has 0 aromatic heterocycles. The Morgan fingerprint density at radius 1 is 1.17 bits per heavy atom. The predicted molar refractivity (Wildman–Crippen MR) is 119 cm³/mol. The second kappa shape index (κ2) is 11.2. The number of rotatable bonds is 9. The van der Waals surface area contributed by atoms with Crippen LogP contribution in [0.2, 0.25) is 5.02 Å². The number of ether oxygens (including phenoxy) is 1. The fourth-order valence-corrected chi connectivity index (χ4v) is 3.30. The second-order valence-electron chi connectivity index (χ2n) is 6.86. The van der Waals surface area contributed by atoms with E-state index in [1.54, 1.807) is 31.2 Å². The van der Waals surface area contributed by atoms with E-state index in [4.69, 9.17) is 16.3 Å². The Morgan fingerprint density at radius 2 is 1.90 bits per heavy atom. The maximum absolute atomic E-state index is 13.0. The van der Waals surface area contributed by atoms with E-state index in [2.05, 4.69) is 21.2 Å². The van der Waals surface area contributed by atoms with Crippen LogP contribution >= 0.6 is 27.5 Å². The van der Waals surface area contributed by atoms with Crippen LogP contribution in [0.4, 0.5) is 0 Å². The first-order valence-electron chi connectivity index (χ1n) is 9.53. The number of hydrogen-bond acceptors (Lipinski definition) is 3. The lowest BCUT2D eigenvalue weighted by atomic mass is 10.1. The summed E-state index contributed by atoms with van der Waals surface area (Å²) in [6.07, 6.45) is 0.813. The third-order valence-corrected chi connectivity index (χ3v) is 5.40. The highest BCUT2D eigenvalue weighted by atomic mass is 79.9. The van der Waals surface area contributed by atoms with Crippen LogP contribution in [0.1, 0.15) is 32.8 Å². The molecule has 2 rings (SSSR count). The van der Waals surface area contributed by atoms with Crippen LogP contribution in [-0.4, -0.2) is 35.4 Å². The highest BCUT2D eigenvalue weighted by molar-refractivity contribution is 9.10. The molecule has 2 aromatic carbocycles. The van der Waals surface area contributed by atoms with Gasteiger partial charge < -0.3 is 15.0 Å². The molecule has 2 amide bonds. The van der Waals surface area contributed by atoms with Gasteiger partial charge in [-0.05, 0) is 50.1 Å². The molecule has 0 aliphatic carbocycles. The number of hydrogen-bond donors (Lipinski definition) is 1. The third kappa shape index (κ3) is 7.05. The van der Waals surface area contributed by atoms with Gasteiger partial charge in [-0.3, -0.25) is 9.59 Å². The van der Waals surface area contributed by atoms with Crippen molar-refractivity contribution >= 4 is 39.3 Å². The van der Waals surface area contributed by atoms with Gasteiger partial charge in [-0.15, -0.1) is 0 Å². The van der Waals surface area contributed by atoms with Crippen molar-refractivity contribution in [2.24, 2.45) is 0 Å². The second-order valence-corrected chi connectivity index (χ2v) is 8.19. The highest BCUT2D eigenvalue weighted by Gasteiger charge is 2.27. The molecule has 29 heavy (non-hydrogen) atoms. The van der Waals surface area contributed by atoms with Gasteiger partial charge in [-0.1, -0.05) is 58.7 Å². The largest absolute Gasteiger partial charge is 0.482 e. The maximum Gasteiger partial charge on any atom is 0.261 e. The van der Waals surface area contributed by atoms with Gasteiger partial charge in [0.05, 0.1) is 5.02 Å². The number of carbonyl (C=O) groups excluding carboxylic acids is 2. The Balaban J connectivity index is 2.17. The van der Waals surface area contributed by atoms with Crippen LogP contribution in [-0.2, 0) is 16.1 Å². The fraction of sp³-hybridized carbons (Fsp3) is 0.364. The summed E-state index contributed by atoms with van der Waals surface area (Å²) in [7, 11) is 0. The molecule has 0 heterocycles. The Labute approximate surface area is 185 Å². The average Bonchev–Trinajstić information content (AvgIpc) is 2.70. The third-order valence-electron chi connectivity index (χ3n) is 4.60. The zero-order chi connectivity index (χ0) is 21.4. The van der Waals surface area contributed by atoms with E-state index in [1.165, 1.54) is 4.90 Å². The summed E-state index contributed by atoms with van der Waals surface area (Å²) in [4.78, 5) is 27.2. The van der Waals surface area contributed by atoms with Crippen LogP contribution in [0.3, 0.4) is 0 Å². The first-order valence-corrected chi connectivity index (χ1v) is 10.7. The van der Waals surface area contributed by atoms with Gasteiger partial charge in [0.15, 0.2) is 6.61 Å². The fourth-order valence-electron chi connectivity index (χ4n) is 2.66. The van der Waals surface area contributed by atoms with E-state index in [0.29, 0.717) is 17.3 Å². The van der Waals surface area contributed by atoms with Crippen molar-refractivity contribution in [3.8, 4) is 5.75 Å². The van der Waals surface area contributed by atoms with Gasteiger partial charge in [0.2, 0.25) is 5.91 Å². The number of nitrogens with zero attached hydrogens (tertiary/aromatic N) is 1. The molecule has 0 unspecified atom stereocenters. The summed E-state index contributed by atoms with van der Waals surface area (Å²) in [6, 6.07) is 14.0. The van der Waals surface area contributed by atoms with Crippen molar-refractivity contribution < 1.29 is 14.3 Å². The monoisotopic (exact) mass is 480 g/mol. The molecule has 0 aliphatic rings. The Morgan fingerprint density at radius 3 is 2.55 bits per heavy atom. The molecular formula is C22H26BrClN2O3. The quantitative estimate of drug-likeness (QED) is 0.559. The topological polar surface area (TPSA) is 58.6 Å². The van der Waals surface area contributed by atoms with Crippen LogP contribution in [0.15, 0.2) is 53.0 Å². The molecular weight excluding hydrogens is 456 g/mol. The van der Waals surface area contributed by atoms with Crippen molar-refractivity contribution in [2.75, 3.05) is 6.61 Å². The van der Waals surface area contributed by atoms with Gasteiger partial charge in [0, 0.05) is 17.1 Å². The molecule has 0 saturated carbocycles. The molecule has 0 aliphatic heterocycles. The normalized spacial score (nSPS) is 12.7. The van der Waals surface area contributed by atoms with Gasteiger partial charge >= 0.3 is 0 Å². The molecule has 1 N–H and O–H groups in total. The summed E-state index contributed by atoms with van der Waals surface area (Å²) >= 11 is 9.55. The van der Waals surface area contributed by atoms with Crippen molar-refractivity contribution in [1.29, 1.82) is 0 Å². The van der Waals surface area contributed by atoms with Crippen LogP contribution in [0.5, 0.6) is 5.75 Å². The Kier molecular flexibility index (Phi) is 8.99. The summed E-state index contributed by atoms with van der Waals surface area (Å²) in [6.45, 7) is 5.74. The number of carbonyl (C=O) groups is 2. The Bertz CT molecular complexity index is 846. The Hall–Kier alpha value is -2.05. The van der Waals surface area contributed by atoms with Gasteiger partial charge in [-0.2, -0.15) is 0 Å². The number of halogens is 2. The van der Waals surface area contributed by atoms with Crippen molar-refractivity contribution in [1.82, 2.24) is 10.2 Å². The first kappa shape index (κ1) is 23.2. The number of para-hydroxylation sites is 1. The molecule has 156 valence electrons. The van der Waals surface area contributed by atoms with E-state index in [9.17, 15) is 9.59 Å². The number of benzene rings is 2. The molecule has 0 saturated heterocycles. The summed E-state index contributed by atoms with van der Waals surface area (Å²) < 4.78 is 6.52. The van der Waals surface area contributed by atoms with E-state index >= 15 is 0 Å².